The molecule has 3 N–H and O–H groups in total. The van der Waals surface area contributed by atoms with Crippen molar-refractivity contribution >= 4 is 5.91 Å². The zero-order chi connectivity index (χ0) is 12.0. The van der Waals surface area contributed by atoms with Gasteiger partial charge in [-0.15, -0.1) is 0 Å². The maximum Gasteiger partial charge on any atom is 0.228 e. The fourth-order valence-electron chi connectivity index (χ4n) is 2.05. The van der Waals surface area contributed by atoms with Gasteiger partial charge in [-0.05, 0) is 32.9 Å². The molecular weight excluding hydrogens is 208 g/mol. The number of amides is 1. The van der Waals surface area contributed by atoms with E-state index in [1.807, 2.05) is 0 Å². The number of hydrogen-bond acceptors (Lipinski definition) is 4. The molecule has 1 saturated heterocycles. The second-order valence-corrected chi connectivity index (χ2v) is 4.52. The number of rotatable bonds is 5. The lowest BCUT2D eigenvalue weighted by molar-refractivity contribution is -0.136. The minimum Gasteiger partial charge on any atom is -0.392 e. The van der Waals surface area contributed by atoms with E-state index in [0.717, 1.165) is 25.9 Å². The van der Waals surface area contributed by atoms with E-state index in [9.17, 15) is 4.79 Å². The molecule has 5 nitrogen and oxygen atoms in total. The normalized spacial score (nSPS) is 21.4. The lowest BCUT2D eigenvalue weighted by Gasteiger charge is -2.35. The third-order valence-corrected chi connectivity index (χ3v) is 3.02. The molecule has 1 rings (SSSR count). The van der Waals surface area contributed by atoms with Gasteiger partial charge in [0.25, 0.3) is 0 Å². The quantitative estimate of drug-likeness (QED) is 0.595. The molecule has 1 unspecified atom stereocenters. The minimum atomic E-state index is -0.509. The summed E-state index contributed by atoms with van der Waals surface area (Å²) in [5, 5.41) is 15.2. The molecule has 94 valence electrons. The fourth-order valence-corrected chi connectivity index (χ4v) is 2.05. The Balaban J connectivity index is 2.57. The average Bonchev–Trinajstić information content (AvgIpc) is 2.27. The van der Waals surface area contributed by atoms with Gasteiger partial charge < -0.3 is 20.5 Å². The molecule has 1 amide bonds. The molecule has 0 bridgehead atoms. The summed E-state index contributed by atoms with van der Waals surface area (Å²) < 4.78 is 5.16. The molecule has 0 saturated carbocycles. The summed E-state index contributed by atoms with van der Waals surface area (Å²) in [6.45, 7) is 4.08. The van der Waals surface area contributed by atoms with E-state index in [1.54, 1.807) is 14.0 Å². The summed E-state index contributed by atoms with van der Waals surface area (Å²) in [6, 6.07) is 0. The van der Waals surface area contributed by atoms with Crippen LogP contribution < -0.4 is 10.6 Å². The molecule has 0 aliphatic carbocycles. The number of piperidine rings is 1. The lowest BCUT2D eigenvalue weighted by atomic mass is 9.78. The lowest BCUT2D eigenvalue weighted by Crippen LogP contribution is -2.51. The highest BCUT2D eigenvalue weighted by Crippen LogP contribution is 2.29. The van der Waals surface area contributed by atoms with Crippen molar-refractivity contribution in [2.75, 3.05) is 33.4 Å². The Labute approximate surface area is 96.6 Å². The SMILES string of the molecule is COCC1(C(=O)NCC(C)O)CCNCC1. The van der Waals surface area contributed by atoms with Crippen LogP contribution in [0.2, 0.25) is 0 Å². The van der Waals surface area contributed by atoms with Gasteiger partial charge >= 0.3 is 0 Å². The first-order chi connectivity index (χ1) is 7.60. The van der Waals surface area contributed by atoms with E-state index in [0.29, 0.717) is 13.2 Å². The van der Waals surface area contributed by atoms with Crippen LogP contribution in [0.3, 0.4) is 0 Å². The predicted octanol–water partition coefficient (Wildman–Crippen LogP) is -0.500. The van der Waals surface area contributed by atoms with E-state index in [-0.39, 0.29) is 5.91 Å². The van der Waals surface area contributed by atoms with Gasteiger partial charge in [-0.25, -0.2) is 0 Å². The van der Waals surface area contributed by atoms with Crippen LogP contribution >= 0.6 is 0 Å². The third-order valence-electron chi connectivity index (χ3n) is 3.02. The van der Waals surface area contributed by atoms with Gasteiger partial charge in [-0.2, -0.15) is 0 Å². The topological polar surface area (TPSA) is 70.6 Å². The van der Waals surface area contributed by atoms with Crippen LogP contribution in [-0.2, 0) is 9.53 Å². The van der Waals surface area contributed by atoms with E-state index < -0.39 is 11.5 Å². The van der Waals surface area contributed by atoms with E-state index in [4.69, 9.17) is 9.84 Å². The van der Waals surface area contributed by atoms with Crippen LogP contribution in [0.1, 0.15) is 19.8 Å². The molecule has 0 spiro atoms. The summed E-state index contributed by atoms with van der Waals surface area (Å²) in [4.78, 5) is 12.1. The molecule has 0 aromatic carbocycles. The van der Waals surface area contributed by atoms with Crippen LogP contribution in [-0.4, -0.2) is 50.5 Å². The number of ether oxygens (including phenoxy) is 1. The second kappa shape index (κ2) is 6.18. The summed E-state index contributed by atoms with van der Waals surface area (Å²) >= 11 is 0. The summed E-state index contributed by atoms with van der Waals surface area (Å²) in [7, 11) is 1.62. The molecule has 0 radical (unpaired) electrons. The summed E-state index contributed by atoms with van der Waals surface area (Å²) in [5.41, 5.74) is -0.422. The van der Waals surface area contributed by atoms with Gasteiger partial charge in [-0.1, -0.05) is 0 Å². The highest BCUT2D eigenvalue weighted by Gasteiger charge is 2.39. The largest absolute Gasteiger partial charge is 0.392 e. The van der Waals surface area contributed by atoms with Crippen LogP contribution in [0.5, 0.6) is 0 Å². The Morgan fingerprint density at radius 1 is 1.56 bits per heavy atom. The number of carbonyl (C=O) groups excluding carboxylic acids is 1. The van der Waals surface area contributed by atoms with Crippen molar-refractivity contribution in [1.29, 1.82) is 0 Å². The molecule has 16 heavy (non-hydrogen) atoms. The predicted molar refractivity (Wildman–Crippen MR) is 61.1 cm³/mol. The molecule has 1 aliphatic heterocycles. The monoisotopic (exact) mass is 230 g/mol. The molecule has 5 heteroatoms. The number of aliphatic hydroxyl groups is 1. The summed E-state index contributed by atoms with van der Waals surface area (Å²) in [6.07, 6.45) is 1.06. The number of hydrogen-bond donors (Lipinski definition) is 3. The van der Waals surface area contributed by atoms with Gasteiger partial charge in [0.05, 0.1) is 18.1 Å². The van der Waals surface area contributed by atoms with Crippen molar-refractivity contribution in [3.63, 3.8) is 0 Å². The first kappa shape index (κ1) is 13.4. The maximum atomic E-state index is 12.1. The van der Waals surface area contributed by atoms with E-state index >= 15 is 0 Å². The number of carbonyl (C=O) groups is 1. The first-order valence-corrected chi connectivity index (χ1v) is 5.77. The standard InChI is InChI=1S/C11H22N2O3/c1-9(14)7-13-10(15)11(8-16-2)3-5-12-6-4-11/h9,12,14H,3-8H2,1-2H3,(H,13,15). The van der Waals surface area contributed by atoms with Crippen molar-refractivity contribution < 1.29 is 14.6 Å². The van der Waals surface area contributed by atoms with Crippen molar-refractivity contribution in [1.82, 2.24) is 10.6 Å². The Hall–Kier alpha value is -0.650. The number of aliphatic hydroxyl groups excluding tert-OH is 1. The van der Waals surface area contributed by atoms with Crippen molar-refractivity contribution in [3.8, 4) is 0 Å². The highest BCUT2D eigenvalue weighted by molar-refractivity contribution is 5.83. The first-order valence-electron chi connectivity index (χ1n) is 5.77. The molecule has 0 aromatic heterocycles. The molecular formula is C11H22N2O3. The van der Waals surface area contributed by atoms with Crippen molar-refractivity contribution in [2.45, 2.75) is 25.9 Å². The molecule has 1 atom stereocenters. The van der Waals surface area contributed by atoms with Crippen LogP contribution in [0, 0.1) is 5.41 Å². The Morgan fingerprint density at radius 2 is 2.19 bits per heavy atom. The molecule has 1 aliphatic rings. The van der Waals surface area contributed by atoms with Crippen LogP contribution in [0.15, 0.2) is 0 Å². The molecule has 1 fully saturated rings. The fraction of sp³-hybridized carbons (Fsp3) is 0.909. The number of methoxy groups -OCH3 is 1. The molecule has 0 aromatic rings. The van der Waals surface area contributed by atoms with Gasteiger partial charge in [0.2, 0.25) is 5.91 Å². The molecule has 1 heterocycles. The van der Waals surface area contributed by atoms with E-state index in [1.165, 1.54) is 0 Å². The van der Waals surface area contributed by atoms with Gasteiger partial charge in [0, 0.05) is 13.7 Å². The van der Waals surface area contributed by atoms with Crippen LogP contribution in [0.25, 0.3) is 0 Å². The van der Waals surface area contributed by atoms with Crippen molar-refractivity contribution in [3.05, 3.63) is 0 Å². The maximum absolute atomic E-state index is 12.1. The van der Waals surface area contributed by atoms with Crippen molar-refractivity contribution in [2.24, 2.45) is 5.41 Å². The smallest absolute Gasteiger partial charge is 0.228 e. The number of nitrogens with one attached hydrogen (secondary N) is 2. The zero-order valence-corrected chi connectivity index (χ0v) is 10.1. The summed E-state index contributed by atoms with van der Waals surface area (Å²) in [5.74, 6) is -0.00301. The third kappa shape index (κ3) is 3.43. The Bertz CT molecular complexity index is 220. The van der Waals surface area contributed by atoms with Gasteiger partial charge in [-0.3, -0.25) is 4.79 Å². The van der Waals surface area contributed by atoms with Crippen LogP contribution in [0.4, 0.5) is 0 Å². The van der Waals surface area contributed by atoms with Gasteiger partial charge in [0.1, 0.15) is 0 Å². The second-order valence-electron chi connectivity index (χ2n) is 4.52. The Kier molecular flexibility index (Phi) is 5.18. The van der Waals surface area contributed by atoms with Gasteiger partial charge in [0.15, 0.2) is 0 Å². The Morgan fingerprint density at radius 3 is 2.69 bits per heavy atom. The highest BCUT2D eigenvalue weighted by atomic mass is 16.5. The average molecular weight is 230 g/mol. The minimum absolute atomic E-state index is 0.00301. The van der Waals surface area contributed by atoms with E-state index in [2.05, 4.69) is 10.6 Å². The zero-order valence-electron chi connectivity index (χ0n) is 10.1.